The molecule has 0 saturated heterocycles. The van der Waals surface area contributed by atoms with Gasteiger partial charge in [-0.1, -0.05) is 0 Å². The summed E-state index contributed by atoms with van der Waals surface area (Å²) in [4.78, 5) is 12.5. The van der Waals surface area contributed by atoms with Crippen LogP contribution in [-0.2, 0) is 0 Å². The predicted octanol–water partition coefficient (Wildman–Crippen LogP) is 2.06. The van der Waals surface area contributed by atoms with Gasteiger partial charge in [-0.15, -0.1) is 0 Å². The molecule has 0 bridgehead atoms. The molecular weight excluding hydrogens is 321 g/mol. The van der Waals surface area contributed by atoms with Crippen LogP contribution in [0.5, 0.6) is 11.5 Å². The maximum atomic E-state index is 12.5. The number of aromatic nitrogens is 1. The molecule has 20 heavy (non-hydrogen) atoms. The topological polar surface area (TPSA) is 40.5 Å². The molecule has 5 heteroatoms. The van der Waals surface area contributed by atoms with Crippen molar-refractivity contribution in [2.24, 2.45) is 0 Å². The van der Waals surface area contributed by atoms with Crippen LogP contribution in [0, 0.1) is 0 Å². The Morgan fingerprint density at radius 2 is 1.85 bits per heavy atom. The van der Waals surface area contributed by atoms with E-state index in [9.17, 15) is 4.79 Å². The van der Waals surface area contributed by atoms with Crippen molar-refractivity contribution < 1.29 is 9.47 Å². The van der Waals surface area contributed by atoms with Gasteiger partial charge in [0, 0.05) is 0 Å². The molecule has 0 fully saturated rings. The van der Waals surface area contributed by atoms with Crippen LogP contribution < -0.4 is 15.0 Å². The number of rotatable bonds is 3. The van der Waals surface area contributed by atoms with Crippen molar-refractivity contribution in [3.8, 4) is 17.2 Å². The van der Waals surface area contributed by atoms with Gasteiger partial charge in [0.2, 0.25) is 0 Å². The molecule has 0 amide bonds. The fourth-order valence-corrected chi connectivity index (χ4v) is 4.22. The molecule has 0 aliphatic carbocycles. The first-order valence-electron chi connectivity index (χ1n) is 6.08. The van der Waals surface area contributed by atoms with Gasteiger partial charge in [0.15, 0.2) is 0 Å². The van der Waals surface area contributed by atoms with Gasteiger partial charge in [-0.05, 0) is 0 Å². The average molecular weight is 334 g/mol. The number of methoxy groups -OCH3 is 2. The zero-order chi connectivity index (χ0) is 14.1. The summed E-state index contributed by atoms with van der Waals surface area (Å²) >= 11 is -0.0600. The second-order valence-corrected chi connectivity index (χ2v) is 6.30. The zero-order valence-corrected chi connectivity index (χ0v) is 12.8. The normalized spacial score (nSPS) is 10.7. The minimum atomic E-state index is -0.0600. The molecule has 4 nitrogen and oxygen atoms in total. The van der Waals surface area contributed by atoms with E-state index >= 15 is 0 Å². The molecule has 0 atom stereocenters. The van der Waals surface area contributed by atoms with Crippen molar-refractivity contribution in [1.82, 2.24) is 3.56 Å². The van der Waals surface area contributed by atoms with Crippen LogP contribution in [0.2, 0.25) is 0 Å². The fraction of sp³-hybridized carbons (Fsp3) is 0.133. The first kappa shape index (κ1) is 13.0. The average Bonchev–Trinajstić information content (AvgIpc) is 2.84. The van der Waals surface area contributed by atoms with E-state index in [0.29, 0.717) is 11.5 Å². The van der Waals surface area contributed by atoms with Crippen molar-refractivity contribution in [2.75, 3.05) is 14.2 Å². The number of hydrogen-bond acceptors (Lipinski definition) is 3. The Kier molecular flexibility index (Phi) is 3.38. The molecule has 2 aromatic carbocycles. The molecule has 1 aromatic heterocycles. The summed E-state index contributed by atoms with van der Waals surface area (Å²) in [5.41, 5.74) is 0.818. The number of benzene rings is 2. The van der Waals surface area contributed by atoms with Crippen molar-refractivity contribution >= 4 is 24.4 Å². The third-order valence-electron chi connectivity index (χ3n) is 3.10. The van der Waals surface area contributed by atoms with Crippen LogP contribution in [0.15, 0.2) is 47.3 Å². The molecule has 0 radical (unpaired) electrons. The SMILES string of the molecule is COc1ccc(-n2[se]c3ccccc3c2=O)c(OC)c1. The first-order valence-corrected chi connectivity index (χ1v) is 7.70. The molecule has 1 heterocycles. The van der Waals surface area contributed by atoms with Gasteiger partial charge in [0.25, 0.3) is 0 Å². The van der Waals surface area contributed by atoms with Gasteiger partial charge in [0.1, 0.15) is 0 Å². The summed E-state index contributed by atoms with van der Waals surface area (Å²) in [5.74, 6) is 1.36. The number of fused-ring (bicyclic) bond motifs is 1. The Morgan fingerprint density at radius 3 is 2.55 bits per heavy atom. The zero-order valence-electron chi connectivity index (χ0n) is 11.1. The molecule has 3 rings (SSSR count). The Bertz CT molecular complexity index is 819. The van der Waals surface area contributed by atoms with Gasteiger partial charge in [0.05, 0.1) is 0 Å². The van der Waals surface area contributed by atoms with Gasteiger partial charge in [-0.25, -0.2) is 0 Å². The summed E-state index contributed by atoms with van der Waals surface area (Å²) in [5, 5.41) is 0.783. The molecule has 0 saturated carbocycles. The third kappa shape index (κ3) is 2.05. The van der Waals surface area contributed by atoms with E-state index in [1.807, 2.05) is 36.4 Å². The number of nitrogens with zero attached hydrogens (tertiary/aromatic N) is 1. The number of hydrogen-bond donors (Lipinski definition) is 0. The van der Waals surface area contributed by atoms with Gasteiger partial charge < -0.3 is 0 Å². The van der Waals surface area contributed by atoms with Gasteiger partial charge in [-0.2, -0.15) is 0 Å². The molecular formula is C15H13NO3Se. The Hall–Kier alpha value is -1.97. The van der Waals surface area contributed by atoms with E-state index in [1.165, 1.54) is 0 Å². The van der Waals surface area contributed by atoms with E-state index in [0.717, 1.165) is 15.3 Å². The molecule has 3 aromatic rings. The summed E-state index contributed by atoms with van der Waals surface area (Å²) < 4.78 is 13.5. The van der Waals surface area contributed by atoms with E-state index in [4.69, 9.17) is 9.47 Å². The number of ether oxygens (including phenoxy) is 2. The molecule has 0 aliphatic rings. The molecule has 0 unspecified atom stereocenters. The quantitative estimate of drug-likeness (QED) is 0.689. The van der Waals surface area contributed by atoms with Crippen LogP contribution in [-0.4, -0.2) is 32.5 Å². The van der Waals surface area contributed by atoms with Gasteiger partial charge in [-0.3, -0.25) is 0 Å². The van der Waals surface area contributed by atoms with E-state index in [-0.39, 0.29) is 20.3 Å². The van der Waals surface area contributed by atoms with Crippen LogP contribution in [0.4, 0.5) is 0 Å². The fourth-order valence-electron chi connectivity index (χ4n) is 2.08. The molecule has 0 spiro atoms. The van der Waals surface area contributed by atoms with Crippen LogP contribution in [0.1, 0.15) is 0 Å². The second kappa shape index (κ2) is 5.19. The van der Waals surface area contributed by atoms with Crippen molar-refractivity contribution in [2.45, 2.75) is 0 Å². The minimum absolute atomic E-state index is 0.0315. The summed E-state index contributed by atoms with van der Waals surface area (Å²) in [6.45, 7) is 0. The molecule has 102 valence electrons. The Labute approximate surface area is 122 Å². The Morgan fingerprint density at radius 1 is 1.05 bits per heavy atom. The van der Waals surface area contributed by atoms with Crippen molar-refractivity contribution in [3.63, 3.8) is 0 Å². The summed E-state index contributed by atoms with van der Waals surface area (Å²) in [6.07, 6.45) is 0. The third-order valence-corrected chi connectivity index (χ3v) is 5.40. The van der Waals surface area contributed by atoms with Crippen molar-refractivity contribution in [1.29, 1.82) is 0 Å². The Balaban J connectivity index is 2.25. The first-order chi connectivity index (χ1) is 9.74. The standard InChI is InChI=1S/C15H13NO3Se/c1-18-10-7-8-12(13(9-10)19-2)16-15(17)11-5-3-4-6-14(11)20-16/h3-9H,1-2H3. The second-order valence-electron chi connectivity index (χ2n) is 4.22. The van der Waals surface area contributed by atoms with Crippen LogP contribution in [0.25, 0.3) is 15.3 Å². The van der Waals surface area contributed by atoms with E-state index in [2.05, 4.69) is 0 Å². The molecule has 0 aliphatic heterocycles. The summed E-state index contributed by atoms with van der Waals surface area (Å²) in [6, 6.07) is 13.2. The van der Waals surface area contributed by atoms with E-state index in [1.54, 1.807) is 23.8 Å². The maximum absolute atomic E-state index is 12.5. The van der Waals surface area contributed by atoms with E-state index < -0.39 is 0 Å². The summed E-state index contributed by atoms with van der Waals surface area (Å²) in [7, 11) is 3.20. The van der Waals surface area contributed by atoms with Crippen LogP contribution in [0.3, 0.4) is 0 Å². The van der Waals surface area contributed by atoms with Gasteiger partial charge >= 0.3 is 122 Å². The molecule has 0 N–H and O–H groups in total. The monoisotopic (exact) mass is 335 g/mol. The van der Waals surface area contributed by atoms with Crippen LogP contribution >= 0.6 is 0 Å². The predicted molar refractivity (Wildman–Crippen MR) is 79.6 cm³/mol. The van der Waals surface area contributed by atoms with Crippen molar-refractivity contribution in [3.05, 3.63) is 52.8 Å².